The van der Waals surface area contributed by atoms with E-state index < -0.39 is 40.8 Å². The van der Waals surface area contributed by atoms with Crippen molar-refractivity contribution in [1.29, 1.82) is 0 Å². The zero-order chi connectivity index (χ0) is 43.9. The third kappa shape index (κ3) is 9.75. The number of esters is 1. The quantitative estimate of drug-likeness (QED) is 0.123. The van der Waals surface area contributed by atoms with E-state index in [1.807, 2.05) is 78.1 Å². The Morgan fingerprint density at radius 1 is 0.984 bits per heavy atom. The molecule has 3 aliphatic carbocycles. The molecular formula is C48H66N6O8. The van der Waals surface area contributed by atoms with Crippen molar-refractivity contribution in [3.63, 3.8) is 0 Å². The monoisotopic (exact) mass is 854 g/mol. The summed E-state index contributed by atoms with van der Waals surface area (Å²) in [7, 11) is 0. The van der Waals surface area contributed by atoms with Gasteiger partial charge in [0.15, 0.2) is 11.6 Å². The lowest BCUT2D eigenvalue weighted by atomic mass is 9.77. The molecule has 1 aromatic carbocycles. The van der Waals surface area contributed by atoms with E-state index in [0.717, 1.165) is 37.9 Å². The molecule has 1 unspecified atom stereocenters. The van der Waals surface area contributed by atoms with Gasteiger partial charge in [-0.1, -0.05) is 40.5 Å². The Morgan fingerprint density at radius 2 is 1.74 bits per heavy atom. The minimum Gasteiger partial charge on any atom is -0.492 e. The molecule has 336 valence electrons. The summed E-state index contributed by atoms with van der Waals surface area (Å²) in [6.07, 6.45) is 8.76. The number of benzene rings is 1. The molecule has 14 heteroatoms. The summed E-state index contributed by atoms with van der Waals surface area (Å²) in [6, 6.07) is 8.70. The van der Waals surface area contributed by atoms with E-state index in [0.29, 0.717) is 59.9 Å². The van der Waals surface area contributed by atoms with Crippen LogP contribution < -0.4 is 14.8 Å². The van der Waals surface area contributed by atoms with E-state index in [-0.39, 0.29) is 55.6 Å². The number of hydrogen-bond donors (Lipinski definition) is 2. The van der Waals surface area contributed by atoms with Gasteiger partial charge in [-0.25, -0.2) is 9.67 Å². The van der Waals surface area contributed by atoms with Crippen LogP contribution in [-0.4, -0.2) is 110 Å². The SMILES string of the molecule is CC[C@@H]1C[C@]1(CC(=O)[C@@H]1C[C@@H](Oc2cc(-n3ccc(NC(C)C)n3)nc3cc(OCCN4CCCCC4)ccc23)CN1C(=O)[C@@H](CC(=O)OC1C[C@@H]2C[C@@H]2C1)C(C)(C)C)C(=O)O. The number of piperidine rings is 1. The van der Waals surface area contributed by atoms with Crippen LogP contribution in [0.1, 0.15) is 112 Å². The van der Waals surface area contributed by atoms with Crippen molar-refractivity contribution < 1.29 is 38.5 Å². The topological polar surface area (TPSA) is 165 Å². The maximum Gasteiger partial charge on any atom is 0.310 e. The number of amides is 1. The maximum absolute atomic E-state index is 14.9. The van der Waals surface area contributed by atoms with Gasteiger partial charge in [0, 0.05) is 55.2 Å². The van der Waals surface area contributed by atoms with Crippen molar-refractivity contribution in [3.8, 4) is 17.3 Å². The fourth-order valence-electron chi connectivity index (χ4n) is 10.4. The molecule has 5 fully saturated rings. The number of likely N-dealkylation sites (tertiary alicyclic amines) is 2. The summed E-state index contributed by atoms with van der Waals surface area (Å²) >= 11 is 0. The fourth-order valence-corrected chi connectivity index (χ4v) is 10.4. The number of ether oxygens (including phenoxy) is 3. The van der Waals surface area contributed by atoms with Crippen molar-refractivity contribution in [2.75, 3.05) is 38.1 Å². The number of carboxylic acids is 1. The van der Waals surface area contributed by atoms with Crippen molar-refractivity contribution in [2.45, 2.75) is 136 Å². The molecule has 5 aliphatic rings. The number of carbonyl (C=O) groups excluding carboxylic acids is 3. The zero-order valence-electron chi connectivity index (χ0n) is 37.4. The smallest absolute Gasteiger partial charge is 0.310 e. The third-order valence-electron chi connectivity index (χ3n) is 14.2. The highest BCUT2D eigenvalue weighted by Gasteiger charge is 2.61. The Bertz CT molecular complexity index is 2130. The second kappa shape index (κ2) is 17.8. The van der Waals surface area contributed by atoms with Crippen LogP contribution in [0, 0.1) is 34.5 Å². The summed E-state index contributed by atoms with van der Waals surface area (Å²) in [5, 5.41) is 19.1. The molecule has 2 aromatic heterocycles. The lowest BCUT2D eigenvalue weighted by Crippen LogP contribution is -2.48. The molecule has 1 amide bonds. The van der Waals surface area contributed by atoms with Crippen molar-refractivity contribution in [2.24, 2.45) is 34.5 Å². The zero-order valence-corrected chi connectivity index (χ0v) is 37.4. The third-order valence-corrected chi connectivity index (χ3v) is 14.2. The first-order valence-electron chi connectivity index (χ1n) is 23.2. The molecule has 2 N–H and O–H groups in total. The number of nitrogens with one attached hydrogen (secondary N) is 1. The van der Waals surface area contributed by atoms with Crippen LogP contribution in [0.2, 0.25) is 0 Å². The van der Waals surface area contributed by atoms with Crippen LogP contribution in [0.25, 0.3) is 16.7 Å². The number of anilines is 1. The first-order valence-corrected chi connectivity index (χ1v) is 23.2. The highest BCUT2D eigenvalue weighted by atomic mass is 16.5. The van der Waals surface area contributed by atoms with Gasteiger partial charge < -0.3 is 29.5 Å². The van der Waals surface area contributed by atoms with Crippen molar-refractivity contribution >= 4 is 40.3 Å². The van der Waals surface area contributed by atoms with E-state index in [1.54, 1.807) is 9.58 Å². The highest BCUT2D eigenvalue weighted by Crippen LogP contribution is 2.58. The molecular weight excluding hydrogens is 789 g/mol. The van der Waals surface area contributed by atoms with Gasteiger partial charge in [-0.3, -0.25) is 24.1 Å². The van der Waals surface area contributed by atoms with E-state index >= 15 is 0 Å². The van der Waals surface area contributed by atoms with E-state index in [1.165, 1.54) is 25.7 Å². The minimum atomic E-state index is -1.13. The second-order valence-corrected chi connectivity index (χ2v) is 20.2. The molecule has 0 radical (unpaired) electrons. The Balaban J connectivity index is 1.07. The number of aliphatic carboxylic acids is 1. The molecule has 2 saturated heterocycles. The second-order valence-electron chi connectivity index (χ2n) is 20.2. The molecule has 3 saturated carbocycles. The molecule has 2 aliphatic heterocycles. The average molecular weight is 855 g/mol. The van der Waals surface area contributed by atoms with Crippen molar-refractivity contribution in [3.05, 3.63) is 36.5 Å². The number of Topliss-reactive ketones (excluding diaryl/α,β-unsaturated/α-hetero) is 1. The molecule has 8 atom stereocenters. The molecule has 62 heavy (non-hydrogen) atoms. The number of hydrogen-bond acceptors (Lipinski definition) is 11. The molecule has 4 heterocycles. The summed E-state index contributed by atoms with van der Waals surface area (Å²) < 4.78 is 20.7. The standard InChI is InChI=1S/C48H66N6O8/c1-7-32-26-48(32,46(58)59)27-40(55)39-23-35(28-53(39)45(57)37(47(4,5)6)24-44(56)62-34-20-30-19-31(30)21-34)61-41-25-43(54-16-13-42(51-54)49-29(2)3)50-38-22-33(11-12-36(38)41)60-18-17-52-14-9-8-10-15-52/h11-13,16,22,25,29-32,34-35,37,39H,7-10,14-15,17-21,23-24,26-28H2,1-6H3,(H,49,51)(H,58,59)/t30-,31+,32-,34?,35-,37-,39+,48-/m1/s1. The Kier molecular flexibility index (Phi) is 12.6. The minimum absolute atomic E-state index is 0.0845. The van der Waals surface area contributed by atoms with Gasteiger partial charge >= 0.3 is 11.9 Å². The number of fused-ring (bicyclic) bond motifs is 2. The number of nitrogens with zero attached hydrogens (tertiary/aromatic N) is 5. The van der Waals surface area contributed by atoms with Crippen LogP contribution in [0.3, 0.4) is 0 Å². The largest absolute Gasteiger partial charge is 0.492 e. The van der Waals surface area contributed by atoms with Crippen LogP contribution in [0.15, 0.2) is 36.5 Å². The van der Waals surface area contributed by atoms with Gasteiger partial charge in [0.1, 0.15) is 36.1 Å². The lowest BCUT2D eigenvalue weighted by molar-refractivity contribution is -0.157. The van der Waals surface area contributed by atoms with Gasteiger partial charge in [0.05, 0.1) is 35.9 Å². The maximum atomic E-state index is 14.9. The van der Waals surface area contributed by atoms with Crippen LogP contribution in [0.4, 0.5) is 5.82 Å². The molecule has 14 nitrogen and oxygen atoms in total. The lowest BCUT2D eigenvalue weighted by Gasteiger charge is -2.35. The van der Waals surface area contributed by atoms with Crippen LogP contribution >= 0.6 is 0 Å². The van der Waals surface area contributed by atoms with Gasteiger partial charge in [-0.05, 0) is 101 Å². The van der Waals surface area contributed by atoms with Crippen molar-refractivity contribution in [1.82, 2.24) is 24.6 Å². The van der Waals surface area contributed by atoms with E-state index in [4.69, 9.17) is 24.3 Å². The normalized spacial score (nSPS) is 27.5. The van der Waals surface area contributed by atoms with Gasteiger partial charge in [-0.15, -0.1) is 5.10 Å². The number of carbonyl (C=O) groups is 4. The summed E-state index contributed by atoms with van der Waals surface area (Å²) in [5.74, 6) is 0.830. The molecule has 8 rings (SSSR count). The first kappa shape index (κ1) is 43.9. The average Bonchev–Trinajstić information content (AvgIpc) is 3.89. The van der Waals surface area contributed by atoms with E-state index in [2.05, 4.69) is 10.2 Å². The number of pyridine rings is 1. The number of carboxylic acid groups (broad SMARTS) is 1. The summed E-state index contributed by atoms with van der Waals surface area (Å²) in [5.41, 5.74) is -1.14. The summed E-state index contributed by atoms with van der Waals surface area (Å²) in [4.78, 5) is 64.4. The molecule has 3 aromatic rings. The predicted molar refractivity (Wildman–Crippen MR) is 234 cm³/mol. The number of ketones is 1. The van der Waals surface area contributed by atoms with Crippen LogP contribution in [0.5, 0.6) is 11.5 Å². The van der Waals surface area contributed by atoms with Crippen LogP contribution in [-0.2, 0) is 23.9 Å². The molecule has 0 bridgehead atoms. The fraction of sp³-hybridized carbons (Fsp3) is 0.667. The number of aromatic nitrogens is 3. The predicted octanol–water partition coefficient (Wildman–Crippen LogP) is 7.31. The van der Waals surface area contributed by atoms with Gasteiger partial charge in [0.25, 0.3) is 0 Å². The Hall–Kier alpha value is -4.72. The van der Waals surface area contributed by atoms with Gasteiger partial charge in [-0.2, -0.15) is 0 Å². The number of rotatable bonds is 18. The summed E-state index contributed by atoms with van der Waals surface area (Å²) in [6.45, 7) is 15.5. The molecule has 0 spiro atoms. The highest BCUT2D eigenvalue weighted by molar-refractivity contribution is 5.95. The Morgan fingerprint density at radius 3 is 2.42 bits per heavy atom. The first-order chi connectivity index (χ1) is 29.6. The van der Waals surface area contributed by atoms with E-state index in [9.17, 15) is 24.3 Å². The van der Waals surface area contributed by atoms with Gasteiger partial charge in [0.2, 0.25) is 5.91 Å². The Labute approximate surface area is 365 Å².